The summed E-state index contributed by atoms with van der Waals surface area (Å²) in [4.78, 5) is 16.6. The van der Waals surface area contributed by atoms with Gasteiger partial charge in [-0.05, 0) is 42.3 Å². The van der Waals surface area contributed by atoms with Crippen LogP contribution < -0.4 is 5.32 Å². The molecule has 0 spiro atoms. The van der Waals surface area contributed by atoms with Crippen LogP contribution in [0.3, 0.4) is 0 Å². The van der Waals surface area contributed by atoms with Crippen molar-refractivity contribution in [3.63, 3.8) is 0 Å². The Morgan fingerprint density at radius 3 is 2.36 bits per heavy atom. The highest BCUT2D eigenvalue weighted by molar-refractivity contribution is 7.96. The second-order valence-electron chi connectivity index (χ2n) is 6.28. The average molecular weight is 392 g/mol. The van der Waals surface area contributed by atoms with Gasteiger partial charge in [-0.15, -0.1) is 0 Å². The van der Waals surface area contributed by atoms with E-state index >= 15 is 0 Å². The van der Waals surface area contributed by atoms with Crippen LogP contribution >= 0.6 is 0 Å². The molecular formula is C22H20N2O3S. The van der Waals surface area contributed by atoms with E-state index < -0.39 is 15.7 Å². The SMILES string of the molecule is Cc1ccc(/C=C(\C(=O)NCc2cccnc2)S(=O)(=O)c2ccccc2)cc1. The van der Waals surface area contributed by atoms with Gasteiger partial charge in [0.15, 0.2) is 0 Å². The maximum Gasteiger partial charge on any atom is 0.263 e. The van der Waals surface area contributed by atoms with Gasteiger partial charge >= 0.3 is 0 Å². The molecule has 1 aromatic heterocycles. The van der Waals surface area contributed by atoms with Crippen LogP contribution in [-0.4, -0.2) is 19.3 Å². The highest BCUT2D eigenvalue weighted by atomic mass is 32.2. The number of sulfone groups is 1. The Balaban J connectivity index is 1.96. The number of nitrogens with one attached hydrogen (secondary N) is 1. The van der Waals surface area contributed by atoms with Crippen molar-refractivity contribution in [1.82, 2.24) is 10.3 Å². The number of carbonyl (C=O) groups is 1. The Morgan fingerprint density at radius 1 is 1.00 bits per heavy atom. The van der Waals surface area contributed by atoms with Crippen LogP contribution in [0.5, 0.6) is 0 Å². The maximum absolute atomic E-state index is 13.1. The molecule has 1 heterocycles. The van der Waals surface area contributed by atoms with Gasteiger partial charge in [0.1, 0.15) is 4.91 Å². The monoisotopic (exact) mass is 392 g/mol. The molecule has 28 heavy (non-hydrogen) atoms. The Bertz CT molecular complexity index is 1080. The van der Waals surface area contributed by atoms with Gasteiger partial charge in [0.05, 0.1) is 4.90 Å². The molecule has 1 N–H and O–H groups in total. The smallest absolute Gasteiger partial charge is 0.263 e. The van der Waals surface area contributed by atoms with Crippen molar-refractivity contribution in [3.05, 3.63) is 101 Å². The van der Waals surface area contributed by atoms with Gasteiger partial charge in [-0.25, -0.2) is 8.42 Å². The summed E-state index contributed by atoms with van der Waals surface area (Å²) in [6.45, 7) is 2.12. The topological polar surface area (TPSA) is 76.1 Å². The average Bonchev–Trinajstić information content (AvgIpc) is 2.73. The minimum atomic E-state index is -3.98. The third-order valence-corrected chi connectivity index (χ3v) is 5.89. The number of amides is 1. The summed E-state index contributed by atoms with van der Waals surface area (Å²) in [6, 6.07) is 18.8. The normalized spacial score (nSPS) is 11.8. The number of pyridine rings is 1. The molecule has 3 rings (SSSR count). The second kappa shape index (κ2) is 8.63. The molecule has 0 saturated carbocycles. The van der Waals surface area contributed by atoms with Gasteiger partial charge in [0.2, 0.25) is 9.84 Å². The van der Waals surface area contributed by atoms with E-state index in [4.69, 9.17) is 0 Å². The van der Waals surface area contributed by atoms with E-state index in [2.05, 4.69) is 10.3 Å². The summed E-state index contributed by atoms with van der Waals surface area (Å²) in [6.07, 6.45) is 4.66. The zero-order valence-corrected chi connectivity index (χ0v) is 16.2. The first-order chi connectivity index (χ1) is 13.5. The third kappa shape index (κ3) is 4.72. The predicted molar refractivity (Wildman–Crippen MR) is 109 cm³/mol. The number of hydrogen-bond acceptors (Lipinski definition) is 4. The molecule has 3 aromatic rings. The van der Waals surface area contributed by atoms with Crippen molar-refractivity contribution in [2.45, 2.75) is 18.4 Å². The molecule has 0 bridgehead atoms. The molecule has 0 aliphatic rings. The lowest BCUT2D eigenvalue weighted by Gasteiger charge is -2.11. The molecule has 142 valence electrons. The van der Waals surface area contributed by atoms with Gasteiger partial charge in [-0.3, -0.25) is 9.78 Å². The fourth-order valence-corrected chi connectivity index (χ4v) is 3.95. The van der Waals surface area contributed by atoms with Crippen molar-refractivity contribution in [3.8, 4) is 0 Å². The second-order valence-corrected chi connectivity index (χ2v) is 8.20. The number of carbonyl (C=O) groups excluding carboxylic acids is 1. The molecule has 1 amide bonds. The van der Waals surface area contributed by atoms with E-state index in [1.807, 2.05) is 25.1 Å². The zero-order valence-electron chi connectivity index (χ0n) is 15.4. The number of hydrogen-bond donors (Lipinski definition) is 1. The van der Waals surface area contributed by atoms with E-state index in [1.54, 1.807) is 48.8 Å². The van der Waals surface area contributed by atoms with E-state index in [9.17, 15) is 13.2 Å². The van der Waals surface area contributed by atoms with Crippen molar-refractivity contribution in [2.24, 2.45) is 0 Å². The summed E-state index contributed by atoms with van der Waals surface area (Å²) in [7, 11) is -3.98. The molecule has 0 saturated heterocycles. The molecule has 6 heteroatoms. The van der Waals surface area contributed by atoms with Gasteiger partial charge in [0.25, 0.3) is 5.91 Å². The predicted octanol–water partition coefficient (Wildman–Crippen LogP) is 3.52. The molecule has 0 radical (unpaired) electrons. The fourth-order valence-electron chi connectivity index (χ4n) is 2.58. The van der Waals surface area contributed by atoms with Crippen molar-refractivity contribution in [2.75, 3.05) is 0 Å². The molecular weight excluding hydrogens is 372 g/mol. The molecule has 0 unspecified atom stereocenters. The van der Waals surface area contributed by atoms with E-state index in [0.29, 0.717) is 5.56 Å². The maximum atomic E-state index is 13.1. The van der Waals surface area contributed by atoms with E-state index in [1.165, 1.54) is 18.2 Å². The minimum absolute atomic E-state index is 0.0740. The largest absolute Gasteiger partial charge is 0.347 e. The highest BCUT2D eigenvalue weighted by Gasteiger charge is 2.26. The van der Waals surface area contributed by atoms with Gasteiger partial charge < -0.3 is 5.32 Å². The first kappa shape index (κ1) is 19.5. The summed E-state index contributed by atoms with van der Waals surface area (Å²) < 4.78 is 26.2. The number of benzene rings is 2. The summed E-state index contributed by atoms with van der Waals surface area (Å²) in [5.74, 6) is -0.659. The standard InChI is InChI=1S/C22H20N2O3S/c1-17-9-11-18(12-10-17)14-21(28(26,27)20-7-3-2-4-8-20)22(25)24-16-19-6-5-13-23-15-19/h2-15H,16H2,1H3,(H,24,25)/b21-14+. The van der Waals surface area contributed by atoms with Crippen molar-refractivity contribution < 1.29 is 13.2 Å². The quantitative estimate of drug-likeness (QED) is 0.651. The van der Waals surface area contributed by atoms with Gasteiger partial charge in [-0.1, -0.05) is 54.1 Å². The van der Waals surface area contributed by atoms with Gasteiger partial charge in [0, 0.05) is 18.9 Å². The summed E-state index contributed by atoms with van der Waals surface area (Å²) >= 11 is 0. The molecule has 0 aliphatic heterocycles. The summed E-state index contributed by atoms with van der Waals surface area (Å²) in [5, 5.41) is 2.68. The van der Waals surface area contributed by atoms with Crippen LogP contribution in [0.15, 0.2) is 88.9 Å². The van der Waals surface area contributed by atoms with Crippen molar-refractivity contribution in [1.29, 1.82) is 0 Å². The Labute approximate surface area is 164 Å². The van der Waals surface area contributed by atoms with Crippen LogP contribution in [0, 0.1) is 6.92 Å². The Kier molecular flexibility index (Phi) is 6.01. The lowest BCUT2D eigenvalue weighted by molar-refractivity contribution is -0.116. The first-order valence-corrected chi connectivity index (χ1v) is 10.2. The van der Waals surface area contributed by atoms with Crippen molar-refractivity contribution >= 4 is 21.8 Å². The number of nitrogens with zero attached hydrogens (tertiary/aromatic N) is 1. The number of aryl methyl sites for hydroxylation is 1. The summed E-state index contributed by atoms with van der Waals surface area (Å²) in [5.41, 5.74) is 2.46. The first-order valence-electron chi connectivity index (χ1n) is 8.72. The highest BCUT2D eigenvalue weighted by Crippen LogP contribution is 2.22. The zero-order chi connectivity index (χ0) is 20.0. The molecule has 0 aliphatic carbocycles. The van der Waals surface area contributed by atoms with Crippen LogP contribution in [-0.2, 0) is 21.2 Å². The fraction of sp³-hybridized carbons (Fsp3) is 0.0909. The number of aromatic nitrogens is 1. The van der Waals surface area contributed by atoms with Crippen LogP contribution in [0.4, 0.5) is 0 Å². The Hall–Kier alpha value is -3.25. The number of rotatable bonds is 6. The lowest BCUT2D eigenvalue weighted by atomic mass is 10.1. The van der Waals surface area contributed by atoms with E-state index in [0.717, 1.165) is 11.1 Å². The van der Waals surface area contributed by atoms with Crippen LogP contribution in [0.25, 0.3) is 6.08 Å². The molecule has 0 fully saturated rings. The molecule has 5 nitrogen and oxygen atoms in total. The van der Waals surface area contributed by atoms with Crippen LogP contribution in [0.2, 0.25) is 0 Å². The molecule has 2 aromatic carbocycles. The molecule has 0 atom stereocenters. The van der Waals surface area contributed by atoms with Crippen LogP contribution in [0.1, 0.15) is 16.7 Å². The minimum Gasteiger partial charge on any atom is -0.347 e. The van der Waals surface area contributed by atoms with Gasteiger partial charge in [-0.2, -0.15) is 0 Å². The Morgan fingerprint density at radius 2 is 1.71 bits per heavy atom. The third-order valence-electron chi connectivity index (χ3n) is 4.12. The lowest BCUT2D eigenvalue weighted by Crippen LogP contribution is -2.28. The van der Waals surface area contributed by atoms with E-state index in [-0.39, 0.29) is 16.3 Å².